The molecule has 0 bridgehead atoms. The molecule has 0 aromatic carbocycles. The summed E-state index contributed by atoms with van der Waals surface area (Å²) in [4.78, 5) is 0. The quantitative estimate of drug-likeness (QED) is 0.246. The summed E-state index contributed by atoms with van der Waals surface area (Å²) in [7, 11) is 2.21. The van der Waals surface area contributed by atoms with Crippen molar-refractivity contribution < 1.29 is 30.2 Å². The zero-order valence-electron chi connectivity index (χ0n) is 16.3. The van der Waals surface area contributed by atoms with Gasteiger partial charge in [0.25, 0.3) is 0 Å². The van der Waals surface area contributed by atoms with Gasteiger partial charge in [-0.1, -0.05) is 19.8 Å². The first-order chi connectivity index (χ1) is 10.4. The highest BCUT2D eigenvalue weighted by Gasteiger charge is 2.40. The van der Waals surface area contributed by atoms with Crippen LogP contribution in [0, 0.1) is 0 Å². The van der Waals surface area contributed by atoms with E-state index in [1.54, 1.807) is 0 Å². The average Bonchev–Trinajstić information content (AvgIpc) is 2.44. The number of quaternary nitrogens is 1. The van der Waals surface area contributed by atoms with Crippen LogP contribution in [0.4, 0.5) is 0 Å². The van der Waals surface area contributed by atoms with Crippen molar-refractivity contribution in [2.24, 2.45) is 0 Å². The molecular weight excluding hydrogens is 330 g/mol. The maximum absolute atomic E-state index is 5.93. The standard InChI is InChI=1S/C17H40NO3Si.ClH/c1-7-11-12-13-15-18(5,6)16-14-17-22(19-8-2,20-9-3)21-10-4;/h7-17H2,1-6H3;1H/q+1;/p-1. The molecule has 0 spiro atoms. The molecule has 0 rings (SSSR count). The van der Waals surface area contributed by atoms with Crippen molar-refractivity contribution in [3.05, 3.63) is 0 Å². The molecule has 142 valence electrons. The lowest BCUT2D eigenvalue weighted by Gasteiger charge is -2.32. The molecule has 23 heavy (non-hydrogen) atoms. The molecule has 0 unspecified atom stereocenters. The van der Waals surface area contributed by atoms with E-state index < -0.39 is 8.80 Å². The van der Waals surface area contributed by atoms with Crippen molar-refractivity contribution in [1.82, 2.24) is 0 Å². The van der Waals surface area contributed by atoms with E-state index in [1.165, 1.54) is 32.2 Å². The Morgan fingerprint density at radius 1 is 0.696 bits per heavy atom. The maximum atomic E-state index is 5.93. The van der Waals surface area contributed by atoms with Gasteiger partial charge in [-0.25, -0.2) is 0 Å². The Bertz CT molecular complexity index is 251. The van der Waals surface area contributed by atoms with E-state index in [0.717, 1.165) is 23.5 Å². The van der Waals surface area contributed by atoms with E-state index in [0.29, 0.717) is 19.8 Å². The normalized spacial score (nSPS) is 12.3. The van der Waals surface area contributed by atoms with Crippen LogP contribution in [0.15, 0.2) is 0 Å². The van der Waals surface area contributed by atoms with Gasteiger partial charge in [0, 0.05) is 32.3 Å². The number of halogens is 1. The monoisotopic (exact) mass is 369 g/mol. The minimum atomic E-state index is -2.45. The van der Waals surface area contributed by atoms with E-state index in [4.69, 9.17) is 13.3 Å². The predicted molar refractivity (Wildman–Crippen MR) is 96.0 cm³/mol. The summed E-state index contributed by atoms with van der Waals surface area (Å²) in [6.07, 6.45) is 6.44. The van der Waals surface area contributed by atoms with E-state index in [1.807, 2.05) is 20.8 Å². The van der Waals surface area contributed by atoms with Gasteiger partial charge >= 0.3 is 8.80 Å². The van der Waals surface area contributed by atoms with Gasteiger partial charge in [0.15, 0.2) is 0 Å². The first-order valence-corrected chi connectivity index (χ1v) is 11.1. The van der Waals surface area contributed by atoms with Gasteiger partial charge in [0.2, 0.25) is 0 Å². The lowest BCUT2D eigenvalue weighted by Crippen LogP contribution is -3.00. The lowest BCUT2D eigenvalue weighted by molar-refractivity contribution is -0.890. The lowest BCUT2D eigenvalue weighted by atomic mass is 10.2. The Hall–Kier alpha value is 0.347. The van der Waals surface area contributed by atoms with E-state index >= 15 is 0 Å². The highest BCUT2D eigenvalue weighted by molar-refractivity contribution is 6.60. The summed E-state index contributed by atoms with van der Waals surface area (Å²) >= 11 is 0. The molecule has 0 amide bonds. The van der Waals surface area contributed by atoms with Gasteiger partial charge in [0.1, 0.15) is 0 Å². The van der Waals surface area contributed by atoms with Crippen LogP contribution in [0.25, 0.3) is 0 Å². The Morgan fingerprint density at radius 3 is 1.61 bits per heavy atom. The van der Waals surface area contributed by atoms with Gasteiger partial charge in [-0.2, -0.15) is 0 Å². The summed E-state index contributed by atoms with van der Waals surface area (Å²) in [6.45, 7) is 12.7. The minimum absolute atomic E-state index is 0. The minimum Gasteiger partial charge on any atom is -1.00 e. The predicted octanol–water partition coefficient (Wildman–Crippen LogP) is 1.09. The molecule has 0 atom stereocenters. The topological polar surface area (TPSA) is 27.7 Å². The Morgan fingerprint density at radius 2 is 1.17 bits per heavy atom. The Kier molecular flexibility index (Phi) is 16.3. The molecule has 4 nitrogen and oxygen atoms in total. The second-order valence-corrected chi connectivity index (χ2v) is 9.26. The summed E-state index contributed by atoms with van der Waals surface area (Å²) in [6, 6.07) is 0.930. The second kappa shape index (κ2) is 14.7. The molecule has 0 aromatic heterocycles. The third-order valence-corrected chi connectivity index (χ3v) is 7.11. The van der Waals surface area contributed by atoms with Crippen molar-refractivity contribution in [2.75, 3.05) is 47.0 Å². The number of hydrogen-bond acceptors (Lipinski definition) is 3. The molecular formula is C17H40ClNO3Si. The molecule has 0 radical (unpaired) electrons. The van der Waals surface area contributed by atoms with Gasteiger partial charge in [-0.05, 0) is 33.6 Å². The molecule has 0 saturated heterocycles. The number of nitrogens with zero attached hydrogens (tertiary/aromatic N) is 1. The van der Waals surface area contributed by atoms with Gasteiger partial charge < -0.3 is 30.2 Å². The molecule has 0 saturated carbocycles. The van der Waals surface area contributed by atoms with Crippen LogP contribution >= 0.6 is 0 Å². The summed E-state index contributed by atoms with van der Waals surface area (Å²) < 4.78 is 18.9. The van der Waals surface area contributed by atoms with Crippen LogP contribution in [-0.4, -0.2) is 60.3 Å². The van der Waals surface area contributed by atoms with Gasteiger partial charge in [-0.3, -0.25) is 0 Å². The third-order valence-electron chi connectivity index (χ3n) is 3.96. The SMILES string of the molecule is CCCCCC[N+](C)(C)CCC[Si](OCC)(OCC)OCC.[Cl-]. The molecule has 0 N–H and O–H groups in total. The van der Waals surface area contributed by atoms with Crippen molar-refractivity contribution in [2.45, 2.75) is 65.8 Å². The van der Waals surface area contributed by atoms with Crippen LogP contribution in [-0.2, 0) is 13.3 Å². The number of rotatable bonds is 15. The van der Waals surface area contributed by atoms with Crippen LogP contribution < -0.4 is 12.4 Å². The molecule has 0 aliphatic heterocycles. The fraction of sp³-hybridized carbons (Fsp3) is 1.00. The van der Waals surface area contributed by atoms with Crippen molar-refractivity contribution in [1.29, 1.82) is 0 Å². The zero-order valence-corrected chi connectivity index (χ0v) is 18.1. The number of unbranched alkanes of at least 4 members (excludes halogenated alkanes) is 3. The van der Waals surface area contributed by atoms with Crippen molar-refractivity contribution in [3.63, 3.8) is 0 Å². The smallest absolute Gasteiger partial charge is 0.501 e. The molecule has 0 aromatic rings. The first kappa shape index (κ1) is 25.6. The maximum Gasteiger partial charge on any atom is 0.501 e. The Balaban J connectivity index is 0. The fourth-order valence-electron chi connectivity index (χ4n) is 2.80. The van der Waals surface area contributed by atoms with Crippen LogP contribution in [0.5, 0.6) is 0 Å². The molecule has 0 fully saturated rings. The van der Waals surface area contributed by atoms with Gasteiger partial charge in [-0.15, -0.1) is 0 Å². The molecule has 0 aliphatic rings. The average molecular weight is 370 g/mol. The van der Waals surface area contributed by atoms with Gasteiger partial charge in [0.05, 0.1) is 27.2 Å². The highest BCUT2D eigenvalue weighted by Crippen LogP contribution is 2.19. The third kappa shape index (κ3) is 12.4. The number of hydrogen-bond donors (Lipinski definition) is 0. The first-order valence-electron chi connectivity index (χ1n) is 9.19. The van der Waals surface area contributed by atoms with Crippen LogP contribution in [0.1, 0.15) is 59.8 Å². The molecule has 6 heteroatoms. The molecule has 0 aliphatic carbocycles. The van der Waals surface area contributed by atoms with E-state index in [9.17, 15) is 0 Å². The van der Waals surface area contributed by atoms with Crippen LogP contribution in [0.2, 0.25) is 6.04 Å². The van der Waals surface area contributed by atoms with E-state index in [2.05, 4.69) is 21.0 Å². The fourth-order valence-corrected chi connectivity index (χ4v) is 5.40. The zero-order chi connectivity index (χ0) is 16.9. The summed E-state index contributed by atoms with van der Waals surface area (Å²) in [5.41, 5.74) is 0. The van der Waals surface area contributed by atoms with Crippen molar-refractivity contribution >= 4 is 8.80 Å². The Labute approximate surface area is 152 Å². The van der Waals surface area contributed by atoms with Crippen LogP contribution in [0.3, 0.4) is 0 Å². The summed E-state index contributed by atoms with van der Waals surface area (Å²) in [5.74, 6) is 0. The summed E-state index contributed by atoms with van der Waals surface area (Å²) in [5, 5.41) is 0. The van der Waals surface area contributed by atoms with E-state index in [-0.39, 0.29) is 12.4 Å². The van der Waals surface area contributed by atoms with Crippen molar-refractivity contribution in [3.8, 4) is 0 Å². The molecule has 0 heterocycles. The largest absolute Gasteiger partial charge is 1.00 e. The highest BCUT2D eigenvalue weighted by atomic mass is 35.5. The second-order valence-electron chi connectivity index (χ2n) is 6.53.